The number of rotatable bonds is 9. The lowest BCUT2D eigenvalue weighted by atomic mass is 10.0. The zero-order valence-corrected chi connectivity index (χ0v) is 17.2. The van der Waals surface area contributed by atoms with Gasteiger partial charge in [-0.1, -0.05) is 56.3 Å². The van der Waals surface area contributed by atoms with E-state index in [0.717, 1.165) is 41.5 Å². The molecule has 0 aliphatic carbocycles. The summed E-state index contributed by atoms with van der Waals surface area (Å²) in [4.78, 5) is 16.3. The number of carbonyl (C=O) groups is 1. The number of hydrogen-bond acceptors (Lipinski definition) is 3. The van der Waals surface area contributed by atoms with Gasteiger partial charge in [0.2, 0.25) is 5.91 Å². The molecule has 4 nitrogen and oxygen atoms in total. The molecule has 150 valence electrons. The zero-order valence-electron chi connectivity index (χ0n) is 17.2. The Kier molecular flexibility index (Phi) is 7.40. The second-order valence-electron chi connectivity index (χ2n) is 7.46. The molecule has 0 saturated heterocycles. The Morgan fingerprint density at radius 3 is 2.55 bits per heavy atom. The van der Waals surface area contributed by atoms with Crippen LogP contribution in [0.2, 0.25) is 0 Å². The van der Waals surface area contributed by atoms with Crippen molar-refractivity contribution in [3.63, 3.8) is 0 Å². The van der Waals surface area contributed by atoms with E-state index in [0.29, 0.717) is 12.5 Å². The largest absolute Gasteiger partial charge is 0.384 e. The van der Waals surface area contributed by atoms with Crippen molar-refractivity contribution >= 4 is 28.6 Å². The molecule has 29 heavy (non-hydrogen) atoms. The molecule has 1 amide bonds. The van der Waals surface area contributed by atoms with Crippen LogP contribution >= 0.6 is 0 Å². The highest BCUT2D eigenvalue weighted by Crippen LogP contribution is 2.20. The molecule has 0 aliphatic rings. The average molecular weight is 388 g/mol. The first kappa shape index (κ1) is 20.6. The summed E-state index contributed by atoms with van der Waals surface area (Å²) in [5, 5.41) is 7.55. The van der Waals surface area contributed by atoms with Crippen molar-refractivity contribution in [2.45, 2.75) is 32.6 Å². The number of pyridine rings is 1. The second-order valence-corrected chi connectivity index (χ2v) is 7.46. The van der Waals surface area contributed by atoms with Gasteiger partial charge in [-0.25, -0.2) is 0 Å². The van der Waals surface area contributed by atoms with Crippen LogP contribution in [0.4, 0.5) is 5.69 Å². The van der Waals surface area contributed by atoms with Crippen molar-refractivity contribution in [3.05, 3.63) is 78.0 Å². The third-order valence-electron chi connectivity index (χ3n) is 4.90. The monoisotopic (exact) mass is 387 g/mol. The van der Waals surface area contributed by atoms with E-state index in [1.165, 1.54) is 5.56 Å². The minimum Gasteiger partial charge on any atom is -0.384 e. The highest BCUT2D eigenvalue weighted by molar-refractivity contribution is 5.92. The van der Waals surface area contributed by atoms with E-state index in [-0.39, 0.29) is 5.91 Å². The van der Waals surface area contributed by atoms with Gasteiger partial charge in [0.25, 0.3) is 0 Å². The van der Waals surface area contributed by atoms with Crippen molar-refractivity contribution < 1.29 is 4.79 Å². The summed E-state index contributed by atoms with van der Waals surface area (Å²) in [6, 6.07) is 18.4. The van der Waals surface area contributed by atoms with Gasteiger partial charge in [-0.05, 0) is 48.1 Å². The average Bonchev–Trinajstić information content (AvgIpc) is 2.75. The van der Waals surface area contributed by atoms with E-state index in [4.69, 9.17) is 0 Å². The summed E-state index contributed by atoms with van der Waals surface area (Å²) < 4.78 is 0. The first-order chi connectivity index (χ1) is 14.1. The highest BCUT2D eigenvalue weighted by atomic mass is 16.1. The maximum atomic E-state index is 12.0. The Morgan fingerprint density at radius 1 is 1.00 bits per heavy atom. The van der Waals surface area contributed by atoms with Crippen molar-refractivity contribution in [1.82, 2.24) is 10.3 Å². The fraction of sp³-hybridized carbons (Fsp3) is 0.280. The van der Waals surface area contributed by atoms with Crippen molar-refractivity contribution in [2.24, 2.45) is 0 Å². The number of nitrogens with one attached hydrogen (secondary N) is 2. The molecule has 2 aromatic carbocycles. The van der Waals surface area contributed by atoms with Crippen LogP contribution in [-0.4, -0.2) is 24.0 Å². The lowest BCUT2D eigenvalue weighted by molar-refractivity contribution is -0.116. The molecule has 0 atom stereocenters. The molecule has 1 heterocycles. The standard InChI is InChI=1S/C25H29N3O/c1-19(2)21-12-9-20(10-13-21)11-14-25(29)28-17-6-5-16-26-24-15-18-27-23-8-4-3-7-22(23)24/h3-4,7-15,18-19H,5-6,16-17H2,1-2H3,(H,26,27)(H,28,29)/b14-11+. The number of anilines is 1. The van der Waals surface area contributed by atoms with Crippen LogP contribution in [0, 0.1) is 0 Å². The third-order valence-corrected chi connectivity index (χ3v) is 4.90. The van der Waals surface area contributed by atoms with Crippen molar-refractivity contribution in [3.8, 4) is 0 Å². The zero-order chi connectivity index (χ0) is 20.5. The molecule has 0 saturated carbocycles. The second kappa shape index (κ2) is 10.4. The topological polar surface area (TPSA) is 54.0 Å². The van der Waals surface area contributed by atoms with Gasteiger partial charge in [0.05, 0.1) is 5.52 Å². The van der Waals surface area contributed by atoms with Crippen LogP contribution in [0.1, 0.15) is 43.7 Å². The molecule has 0 aliphatic heterocycles. The Balaban J connectivity index is 1.35. The van der Waals surface area contributed by atoms with Crippen molar-refractivity contribution in [2.75, 3.05) is 18.4 Å². The Labute approximate surface area is 173 Å². The van der Waals surface area contributed by atoms with Gasteiger partial charge >= 0.3 is 0 Å². The first-order valence-corrected chi connectivity index (χ1v) is 10.3. The van der Waals surface area contributed by atoms with Crippen LogP contribution < -0.4 is 10.6 Å². The Hall–Kier alpha value is -3.14. The number of unbranched alkanes of at least 4 members (excludes halogenated alkanes) is 1. The summed E-state index contributed by atoms with van der Waals surface area (Å²) in [5.41, 5.74) is 4.44. The van der Waals surface area contributed by atoms with Gasteiger partial charge in [-0.3, -0.25) is 9.78 Å². The first-order valence-electron chi connectivity index (χ1n) is 10.3. The van der Waals surface area contributed by atoms with Gasteiger partial charge in [-0.15, -0.1) is 0 Å². The Bertz CT molecular complexity index is 956. The minimum absolute atomic E-state index is 0.0500. The maximum Gasteiger partial charge on any atom is 0.243 e. The predicted molar refractivity (Wildman–Crippen MR) is 122 cm³/mol. The molecule has 3 rings (SSSR count). The fourth-order valence-corrected chi connectivity index (χ4v) is 3.16. The molecule has 0 fully saturated rings. The van der Waals surface area contributed by atoms with Crippen molar-refractivity contribution in [1.29, 1.82) is 0 Å². The quantitative estimate of drug-likeness (QED) is 0.383. The number of carbonyl (C=O) groups excluding carboxylic acids is 1. The number of para-hydroxylation sites is 1. The van der Waals surface area contributed by atoms with Gasteiger partial charge in [0, 0.05) is 36.4 Å². The predicted octanol–water partition coefficient (Wildman–Crippen LogP) is 5.38. The van der Waals surface area contributed by atoms with E-state index in [2.05, 4.69) is 47.7 Å². The van der Waals surface area contributed by atoms with E-state index in [9.17, 15) is 4.79 Å². The van der Waals surface area contributed by atoms with E-state index < -0.39 is 0 Å². The number of fused-ring (bicyclic) bond motifs is 1. The smallest absolute Gasteiger partial charge is 0.243 e. The van der Waals surface area contributed by atoms with Gasteiger partial charge in [-0.2, -0.15) is 0 Å². The van der Waals surface area contributed by atoms with Crippen LogP contribution in [0.15, 0.2) is 66.9 Å². The van der Waals surface area contributed by atoms with Crippen LogP contribution in [0.5, 0.6) is 0 Å². The third kappa shape index (κ3) is 6.18. The number of nitrogens with zero attached hydrogens (tertiary/aromatic N) is 1. The number of benzene rings is 2. The minimum atomic E-state index is -0.0500. The molecule has 2 N–H and O–H groups in total. The van der Waals surface area contributed by atoms with Crippen LogP contribution in [0.3, 0.4) is 0 Å². The Morgan fingerprint density at radius 2 is 1.76 bits per heavy atom. The molecule has 0 spiro atoms. The molecule has 3 aromatic rings. The summed E-state index contributed by atoms with van der Waals surface area (Å²) in [6.07, 6.45) is 7.20. The fourth-order valence-electron chi connectivity index (χ4n) is 3.16. The lowest BCUT2D eigenvalue weighted by Crippen LogP contribution is -2.22. The summed E-state index contributed by atoms with van der Waals surface area (Å²) in [6.45, 7) is 5.89. The molecule has 0 radical (unpaired) electrons. The summed E-state index contributed by atoms with van der Waals surface area (Å²) in [7, 11) is 0. The molecular formula is C25H29N3O. The molecule has 0 bridgehead atoms. The van der Waals surface area contributed by atoms with E-state index in [1.54, 1.807) is 6.08 Å². The van der Waals surface area contributed by atoms with E-state index in [1.807, 2.05) is 48.7 Å². The summed E-state index contributed by atoms with van der Waals surface area (Å²) in [5.74, 6) is 0.467. The molecule has 0 unspecified atom stereocenters. The normalized spacial score (nSPS) is 11.3. The number of aromatic nitrogens is 1. The SMILES string of the molecule is CC(C)c1ccc(/C=C/C(=O)NCCCCNc2ccnc3ccccc23)cc1. The van der Waals surface area contributed by atoms with Crippen LogP contribution in [-0.2, 0) is 4.79 Å². The van der Waals surface area contributed by atoms with Gasteiger partial charge < -0.3 is 10.6 Å². The van der Waals surface area contributed by atoms with Gasteiger partial charge in [0.1, 0.15) is 0 Å². The molecule has 4 heteroatoms. The molecular weight excluding hydrogens is 358 g/mol. The highest BCUT2D eigenvalue weighted by Gasteiger charge is 2.01. The maximum absolute atomic E-state index is 12.0. The lowest BCUT2D eigenvalue weighted by Gasteiger charge is -2.09. The van der Waals surface area contributed by atoms with Crippen LogP contribution in [0.25, 0.3) is 17.0 Å². The number of amides is 1. The number of hydrogen-bond donors (Lipinski definition) is 2. The molecule has 1 aromatic heterocycles. The van der Waals surface area contributed by atoms with Gasteiger partial charge in [0.15, 0.2) is 0 Å². The van der Waals surface area contributed by atoms with E-state index >= 15 is 0 Å². The summed E-state index contributed by atoms with van der Waals surface area (Å²) >= 11 is 0.